The number of nitrogens with zero attached hydrogens (tertiary/aromatic N) is 1. The molecule has 0 radical (unpaired) electrons. The van der Waals surface area contributed by atoms with Gasteiger partial charge in [-0.15, -0.1) is 0 Å². The van der Waals surface area contributed by atoms with Gasteiger partial charge in [0.15, 0.2) is 0 Å². The summed E-state index contributed by atoms with van der Waals surface area (Å²) < 4.78 is 13.8. The molecule has 0 aromatic heterocycles. The number of carbonyl (C=O) groups excluding carboxylic acids is 2. The summed E-state index contributed by atoms with van der Waals surface area (Å²) in [5.41, 5.74) is 0.323. The Labute approximate surface area is 164 Å². The Morgan fingerprint density at radius 2 is 1.85 bits per heavy atom. The second-order valence-electron chi connectivity index (χ2n) is 5.90. The minimum atomic E-state index is -0.699. The summed E-state index contributed by atoms with van der Waals surface area (Å²) in [7, 11) is 0. The zero-order chi connectivity index (χ0) is 18.8. The van der Waals surface area contributed by atoms with E-state index in [1.54, 1.807) is 6.07 Å². The largest absolute Gasteiger partial charge is 0.327 e. The van der Waals surface area contributed by atoms with Crippen molar-refractivity contribution >= 4 is 52.3 Å². The van der Waals surface area contributed by atoms with Crippen LogP contribution in [-0.2, 0) is 4.79 Å². The topological polar surface area (TPSA) is 49.4 Å². The van der Waals surface area contributed by atoms with Crippen molar-refractivity contribution in [2.24, 2.45) is 0 Å². The standard InChI is InChI=1S/C18H14Cl3FN2O2/c19-11-4-6-14(22)15(9-11)23-17(25)16-2-1-7-24(16)18(26)10-3-5-12(20)13(21)8-10/h3-6,8-9,16H,1-2,7H2,(H,23,25). The predicted octanol–water partition coefficient (Wildman–Crippen LogP) is 5.03. The number of hydrogen-bond acceptors (Lipinski definition) is 2. The molecule has 1 heterocycles. The monoisotopic (exact) mass is 414 g/mol. The summed E-state index contributed by atoms with van der Waals surface area (Å²) in [6.07, 6.45) is 1.16. The second kappa shape index (κ2) is 7.82. The lowest BCUT2D eigenvalue weighted by atomic mass is 10.1. The summed E-state index contributed by atoms with van der Waals surface area (Å²) >= 11 is 17.7. The van der Waals surface area contributed by atoms with Gasteiger partial charge in [0.2, 0.25) is 5.91 Å². The Kier molecular flexibility index (Phi) is 5.70. The van der Waals surface area contributed by atoms with Crippen LogP contribution in [0.2, 0.25) is 15.1 Å². The maximum atomic E-state index is 13.8. The smallest absolute Gasteiger partial charge is 0.254 e. The third-order valence-corrected chi connectivity index (χ3v) is 5.14. The average Bonchev–Trinajstić information content (AvgIpc) is 3.09. The molecule has 1 unspecified atom stereocenters. The molecule has 1 atom stereocenters. The quantitative estimate of drug-likeness (QED) is 0.764. The van der Waals surface area contributed by atoms with E-state index in [1.165, 1.54) is 35.2 Å². The highest BCUT2D eigenvalue weighted by atomic mass is 35.5. The molecule has 136 valence electrons. The highest BCUT2D eigenvalue weighted by Gasteiger charge is 2.35. The minimum Gasteiger partial charge on any atom is -0.327 e. The SMILES string of the molecule is O=C(Nc1cc(Cl)ccc1F)C1CCCN1C(=O)c1ccc(Cl)c(Cl)c1. The van der Waals surface area contributed by atoms with Crippen molar-refractivity contribution in [3.8, 4) is 0 Å². The van der Waals surface area contributed by atoms with Gasteiger partial charge in [-0.05, 0) is 49.2 Å². The normalized spacial score (nSPS) is 16.6. The fourth-order valence-electron chi connectivity index (χ4n) is 2.89. The molecule has 2 aromatic rings. The summed E-state index contributed by atoms with van der Waals surface area (Å²) in [6, 6.07) is 7.75. The Morgan fingerprint density at radius 3 is 2.58 bits per heavy atom. The number of carbonyl (C=O) groups is 2. The molecule has 1 fully saturated rings. The third-order valence-electron chi connectivity index (χ3n) is 4.17. The number of amides is 2. The van der Waals surface area contributed by atoms with Gasteiger partial charge in [0.05, 0.1) is 15.7 Å². The minimum absolute atomic E-state index is 0.0173. The maximum Gasteiger partial charge on any atom is 0.254 e. The van der Waals surface area contributed by atoms with Gasteiger partial charge < -0.3 is 10.2 Å². The van der Waals surface area contributed by atoms with Gasteiger partial charge in [0.1, 0.15) is 11.9 Å². The molecule has 26 heavy (non-hydrogen) atoms. The number of anilines is 1. The van der Waals surface area contributed by atoms with E-state index >= 15 is 0 Å². The molecule has 1 N–H and O–H groups in total. The number of nitrogens with one attached hydrogen (secondary N) is 1. The second-order valence-corrected chi connectivity index (χ2v) is 7.15. The van der Waals surface area contributed by atoms with Gasteiger partial charge in [-0.2, -0.15) is 0 Å². The van der Waals surface area contributed by atoms with Gasteiger partial charge in [0, 0.05) is 17.1 Å². The van der Waals surface area contributed by atoms with Crippen molar-refractivity contribution in [1.29, 1.82) is 0 Å². The highest BCUT2D eigenvalue weighted by Crippen LogP contribution is 2.27. The first kappa shape index (κ1) is 19.0. The van der Waals surface area contributed by atoms with E-state index in [0.29, 0.717) is 35.0 Å². The van der Waals surface area contributed by atoms with Crippen molar-refractivity contribution in [2.75, 3.05) is 11.9 Å². The number of benzene rings is 2. The Balaban J connectivity index is 1.78. The Bertz CT molecular complexity index is 876. The lowest BCUT2D eigenvalue weighted by Crippen LogP contribution is -2.43. The van der Waals surface area contributed by atoms with Gasteiger partial charge in [-0.3, -0.25) is 9.59 Å². The Morgan fingerprint density at radius 1 is 1.08 bits per heavy atom. The van der Waals surface area contributed by atoms with E-state index in [1.807, 2.05) is 0 Å². The zero-order valence-electron chi connectivity index (χ0n) is 13.4. The molecule has 1 aliphatic heterocycles. The lowest BCUT2D eigenvalue weighted by molar-refractivity contribution is -0.119. The van der Waals surface area contributed by atoms with Crippen LogP contribution in [-0.4, -0.2) is 29.3 Å². The van der Waals surface area contributed by atoms with Gasteiger partial charge in [-0.25, -0.2) is 4.39 Å². The molecule has 2 aromatic carbocycles. The molecule has 2 amide bonds. The van der Waals surface area contributed by atoms with Crippen molar-refractivity contribution in [1.82, 2.24) is 4.90 Å². The van der Waals surface area contributed by atoms with Gasteiger partial charge in [-0.1, -0.05) is 34.8 Å². The van der Waals surface area contributed by atoms with E-state index in [0.717, 1.165) is 0 Å². The van der Waals surface area contributed by atoms with E-state index in [2.05, 4.69) is 5.32 Å². The van der Waals surface area contributed by atoms with Crippen LogP contribution in [0, 0.1) is 5.82 Å². The summed E-state index contributed by atoms with van der Waals surface area (Å²) in [4.78, 5) is 26.8. The van der Waals surface area contributed by atoms with Crippen LogP contribution < -0.4 is 5.32 Å². The van der Waals surface area contributed by atoms with Crippen molar-refractivity contribution < 1.29 is 14.0 Å². The molecule has 3 rings (SSSR count). The first-order valence-electron chi connectivity index (χ1n) is 7.89. The van der Waals surface area contributed by atoms with Crippen molar-refractivity contribution in [3.05, 3.63) is 62.8 Å². The van der Waals surface area contributed by atoms with E-state index in [-0.39, 0.29) is 16.6 Å². The van der Waals surface area contributed by atoms with Gasteiger partial charge >= 0.3 is 0 Å². The number of likely N-dealkylation sites (tertiary alicyclic amines) is 1. The first-order valence-corrected chi connectivity index (χ1v) is 9.02. The van der Waals surface area contributed by atoms with Crippen LogP contribution in [0.1, 0.15) is 23.2 Å². The van der Waals surface area contributed by atoms with Crippen LogP contribution in [0.25, 0.3) is 0 Å². The Hall–Kier alpha value is -1.82. The highest BCUT2D eigenvalue weighted by molar-refractivity contribution is 6.42. The molecule has 0 bridgehead atoms. The number of halogens is 4. The van der Waals surface area contributed by atoms with Crippen LogP contribution in [0.5, 0.6) is 0 Å². The molecular weight excluding hydrogens is 402 g/mol. The molecule has 0 saturated carbocycles. The molecule has 0 aliphatic carbocycles. The summed E-state index contributed by atoms with van der Waals surface area (Å²) in [5, 5.41) is 3.42. The van der Waals surface area contributed by atoms with E-state index in [9.17, 15) is 14.0 Å². The third kappa shape index (κ3) is 3.95. The maximum absolute atomic E-state index is 13.8. The van der Waals surface area contributed by atoms with E-state index < -0.39 is 17.8 Å². The zero-order valence-corrected chi connectivity index (χ0v) is 15.7. The fraction of sp³-hybridized carbons (Fsp3) is 0.222. The molecule has 0 spiro atoms. The van der Waals surface area contributed by atoms with Crippen LogP contribution in [0.15, 0.2) is 36.4 Å². The number of hydrogen-bond donors (Lipinski definition) is 1. The average molecular weight is 416 g/mol. The van der Waals surface area contributed by atoms with Crippen molar-refractivity contribution in [3.63, 3.8) is 0 Å². The predicted molar refractivity (Wildman–Crippen MR) is 101 cm³/mol. The first-order chi connectivity index (χ1) is 12.4. The van der Waals surface area contributed by atoms with E-state index in [4.69, 9.17) is 34.8 Å². The molecule has 1 saturated heterocycles. The van der Waals surface area contributed by atoms with Crippen LogP contribution in [0.3, 0.4) is 0 Å². The summed E-state index contributed by atoms with van der Waals surface area (Å²) in [5.74, 6) is -1.38. The molecule has 8 heteroatoms. The fourth-order valence-corrected chi connectivity index (χ4v) is 3.36. The lowest BCUT2D eigenvalue weighted by Gasteiger charge is -2.24. The molecular formula is C18H14Cl3FN2O2. The van der Waals surface area contributed by atoms with Crippen molar-refractivity contribution in [2.45, 2.75) is 18.9 Å². The molecule has 1 aliphatic rings. The molecule has 4 nitrogen and oxygen atoms in total. The van der Waals surface area contributed by atoms with Crippen LogP contribution >= 0.6 is 34.8 Å². The summed E-state index contributed by atoms with van der Waals surface area (Å²) in [6.45, 7) is 0.426. The van der Waals surface area contributed by atoms with Crippen LogP contribution in [0.4, 0.5) is 10.1 Å². The van der Waals surface area contributed by atoms with Gasteiger partial charge in [0.25, 0.3) is 5.91 Å². The number of rotatable bonds is 3.